The first-order chi connectivity index (χ1) is 37.4. The highest BCUT2D eigenvalue weighted by Crippen LogP contribution is 2.36. The van der Waals surface area contributed by atoms with Gasteiger partial charge < -0.3 is 24.9 Å². The number of nitrogens with zero attached hydrogens (tertiary/aromatic N) is 4. The number of carbonyl (C=O) groups excluding carboxylic acids is 6. The Morgan fingerprint density at radius 3 is 1.47 bits per heavy atom. The summed E-state index contributed by atoms with van der Waals surface area (Å²) in [7, 11) is 0. The molecule has 11 nitrogen and oxygen atoms in total. The molecule has 2 heterocycles. The van der Waals surface area contributed by atoms with E-state index in [0.29, 0.717) is 76.1 Å². The van der Waals surface area contributed by atoms with E-state index in [4.69, 9.17) is 0 Å². The Labute approximate surface area is 460 Å². The number of amides is 5. The number of ketones is 1. The van der Waals surface area contributed by atoms with Crippen LogP contribution in [0.25, 0.3) is 10.8 Å². The Hall–Kier alpha value is -5.84. The van der Waals surface area contributed by atoms with Crippen LogP contribution in [0.15, 0.2) is 97.1 Å². The number of carbonyl (C=O) groups is 6. The summed E-state index contributed by atoms with van der Waals surface area (Å²) in [5, 5.41) is 4.94. The largest absolute Gasteiger partial charge is 0.344 e. The number of hydrogen-bond donors (Lipinski definition) is 1. The quantitative estimate of drug-likeness (QED) is 0.0835. The molecule has 0 radical (unpaired) electrons. The lowest BCUT2D eigenvalue weighted by Gasteiger charge is -2.42. The molecule has 414 valence electrons. The van der Waals surface area contributed by atoms with Crippen molar-refractivity contribution in [3.63, 3.8) is 0 Å². The van der Waals surface area contributed by atoms with Gasteiger partial charge in [0.1, 0.15) is 11.8 Å². The summed E-state index contributed by atoms with van der Waals surface area (Å²) in [6, 6.07) is 31.0. The summed E-state index contributed by atoms with van der Waals surface area (Å²) in [5.41, 5.74) is 3.37. The minimum atomic E-state index is -0.568. The van der Waals surface area contributed by atoms with Crippen LogP contribution in [0.2, 0.25) is 0 Å². The first-order valence-corrected chi connectivity index (χ1v) is 30.0. The standard InChI is InChI=1S/C66H89N5O6/c1-5-48(4)62(73)67-61(52-28-16-9-17-29-52)66(77)71-39-21-19-31-58(71)46-69(41-37-50-24-12-7-13-25-50)64(75)56-35-33-53-42-55(34-32-54(53)43-56)63(74)68(40-36-49-22-10-6-11-23-49)45-57-30-18-20-38-70(57)65(76)59(44-60(72)47(2)3)51-26-14-8-15-27-51/h6-7,10-13,22-25,32-35,42-43,47-48,51-52,57-59,61H,5,8-9,14-21,26-31,36-41,44-46H2,1-4H3,(H,67,73)/t48-,57+,58+,59+,61+/m1/s1. The van der Waals surface area contributed by atoms with Crippen molar-refractivity contribution in [1.82, 2.24) is 24.9 Å². The summed E-state index contributed by atoms with van der Waals surface area (Å²) in [6.45, 7) is 10.8. The Balaban J connectivity index is 1.03. The van der Waals surface area contributed by atoms with E-state index in [1.54, 1.807) is 0 Å². The van der Waals surface area contributed by atoms with E-state index in [9.17, 15) is 28.8 Å². The number of fused-ring (bicyclic) bond motifs is 1. The first kappa shape index (κ1) is 57.3. The number of benzene rings is 4. The van der Waals surface area contributed by atoms with Crippen molar-refractivity contribution in [3.05, 3.63) is 119 Å². The molecule has 5 atom stereocenters. The monoisotopic (exact) mass is 1050 g/mol. The van der Waals surface area contributed by atoms with Gasteiger partial charge in [0.25, 0.3) is 11.8 Å². The van der Waals surface area contributed by atoms with E-state index < -0.39 is 6.04 Å². The maximum atomic E-state index is 15.0. The average Bonchev–Trinajstić information content (AvgIpc) is 3.48. The summed E-state index contributed by atoms with van der Waals surface area (Å²) < 4.78 is 0. The minimum absolute atomic E-state index is 0.00829. The molecule has 0 spiro atoms. The zero-order valence-electron chi connectivity index (χ0n) is 47.0. The van der Waals surface area contributed by atoms with E-state index in [-0.39, 0.29) is 77.0 Å². The predicted molar refractivity (Wildman–Crippen MR) is 307 cm³/mol. The highest BCUT2D eigenvalue weighted by Gasteiger charge is 2.41. The Kier molecular flexibility index (Phi) is 21.0. The SMILES string of the molecule is CC[C@@H](C)C(=O)N[C@H](C(=O)N1CCCC[C@H]1CN(CCc1ccccc1)C(=O)c1ccc2cc(C(=O)N(CCc3ccccc3)C[C@@H]3CCCCN3C(=O)[C@@H](CC(=O)C(C)C)C3CCCCC3)ccc2c1)C1CCCCC1. The molecule has 2 saturated heterocycles. The molecule has 11 heteroatoms. The molecule has 5 amide bonds. The topological polar surface area (TPSA) is 127 Å². The second-order valence-electron chi connectivity index (χ2n) is 23.6. The fourth-order valence-corrected chi connectivity index (χ4v) is 12.9. The zero-order valence-corrected chi connectivity index (χ0v) is 47.0. The van der Waals surface area contributed by atoms with Crippen LogP contribution >= 0.6 is 0 Å². The molecule has 0 aromatic heterocycles. The highest BCUT2D eigenvalue weighted by atomic mass is 16.2. The lowest BCUT2D eigenvalue weighted by Crippen LogP contribution is -2.59. The second-order valence-corrected chi connectivity index (χ2v) is 23.6. The predicted octanol–water partition coefficient (Wildman–Crippen LogP) is 11.9. The van der Waals surface area contributed by atoms with Crippen molar-refractivity contribution < 1.29 is 28.8 Å². The van der Waals surface area contributed by atoms with Crippen LogP contribution in [0.4, 0.5) is 0 Å². The maximum Gasteiger partial charge on any atom is 0.253 e. The van der Waals surface area contributed by atoms with Crippen LogP contribution in [-0.4, -0.2) is 112 Å². The molecule has 8 rings (SSSR count). The smallest absolute Gasteiger partial charge is 0.253 e. The van der Waals surface area contributed by atoms with Gasteiger partial charge in [-0.05, 0) is 141 Å². The summed E-state index contributed by atoms with van der Waals surface area (Å²) >= 11 is 0. The number of hydrogen-bond acceptors (Lipinski definition) is 6. The van der Waals surface area contributed by atoms with Crippen molar-refractivity contribution >= 4 is 46.1 Å². The molecular weight excluding hydrogens is 959 g/mol. The second kappa shape index (κ2) is 28.2. The molecule has 2 aliphatic carbocycles. The van der Waals surface area contributed by atoms with Crippen molar-refractivity contribution in [2.75, 3.05) is 39.3 Å². The van der Waals surface area contributed by atoms with E-state index in [1.165, 1.54) is 6.42 Å². The number of rotatable bonds is 22. The number of likely N-dealkylation sites (tertiary alicyclic amines) is 2. The minimum Gasteiger partial charge on any atom is -0.344 e. The third-order valence-electron chi connectivity index (χ3n) is 18.0. The Morgan fingerprint density at radius 2 is 1.00 bits per heavy atom. The normalized spacial score (nSPS) is 19.8. The van der Waals surface area contributed by atoms with Crippen LogP contribution in [0.5, 0.6) is 0 Å². The van der Waals surface area contributed by atoms with Gasteiger partial charge in [0.2, 0.25) is 17.7 Å². The molecule has 2 saturated carbocycles. The summed E-state index contributed by atoms with van der Waals surface area (Å²) in [4.78, 5) is 94.3. The van der Waals surface area contributed by atoms with Crippen LogP contribution < -0.4 is 5.32 Å². The van der Waals surface area contributed by atoms with Crippen LogP contribution in [0.3, 0.4) is 0 Å². The van der Waals surface area contributed by atoms with Gasteiger partial charge in [-0.25, -0.2) is 0 Å². The lowest BCUT2D eigenvalue weighted by molar-refractivity contribution is -0.144. The number of piperidine rings is 2. The molecule has 4 aliphatic rings. The van der Waals surface area contributed by atoms with Crippen molar-refractivity contribution in [1.29, 1.82) is 0 Å². The van der Waals surface area contributed by atoms with Gasteiger partial charge >= 0.3 is 0 Å². The van der Waals surface area contributed by atoms with Gasteiger partial charge in [-0.3, -0.25) is 28.8 Å². The van der Waals surface area contributed by atoms with Crippen molar-refractivity contribution in [2.45, 2.75) is 174 Å². The molecule has 0 unspecified atom stereocenters. The van der Waals surface area contributed by atoms with E-state index in [1.807, 2.05) is 120 Å². The van der Waals surface area contributed by atoms with Gasteiger partial charge in [0, 0.05) is 86.7 Å². The fraction of sp³-hybridized carbons (Fsp3) is 0.576. The summed E-state index contributed by atoms with van der Waals surface area (Å²) in [6.07, 6.45) is 18.1. The third-order valence-corrected chi connectivity index (χ3v) is 18.0. The van der Waals surface area contributed by atoms with Crippen molar-refractivity contribution in [3.8, 4) is 0 Å². The maximum absolute atomic E-state index is 15.0. The highest BCUT2D eigenvalue weighted by molar-refractivity contribution is 6.02. The number of Topliss-reactive ketones (excluding diaryl/α,β-unsaturated/α-hetero) is 1. The molecule has 77 heavy (non-hydrogen) atoms. The zero-order chi connectivity index (χ0) is 54.3. The third kappa shape index (κ3) is 15.3. The van der Waals surface area contributed by atoms with Gasteiger partial charge in [-0.2, -0.15) is 0 Å². The van der Waals surface area contributed by atoms with E-state index in [0.717, 1.165) is 118 Å². The van der Waals surface area contributed by atoms with Gasteiger partial charge in [-0.15, -0.1) is 0 Å². The molecule has 4 fully saturated rings. The molecule has 1 N–H and O–H groups in total. The van der Waals surface area contributed by atoms with E-state index in [2.05, 4.69) is 29.6 Å². The molecule has 4 aromatic carbocycles. The Morgan fingerprint density at radius 1 is 0.545 bits per heavy atom. The first-order valence-electron chi connectivity index (χ1n) is 30.0. The summed E-state index contributed by atoms with van der Waals surface area (Å²) in [5.74, 6) is -0.339. The molecular formula is C66H89N5O6. The van der Waals surface area contributed by atoms with Gasteiger partial charge in [-0.1, -0.05) is 139 Å². The number of nitrogens with one attached hydrogen (secondary N) is 1. The van der Waals surface area contributed by atoms with Gasteiger partial charge in [0.05, 0.1) is 0 Å². The van der Waals surface area contributed by atoms with Gasteiger partial charge in [0.15, 0.2) is 0 Å². The fourth-order valence-electron chi connectivity index (χ4n) is 12.9. The van der Waals surface area contributed by atoms with Crippen molar-refractivity contribution in [2.24, 2.45) is 29.6 Å². The molecule has 2 aliphatic heterocycles. The average molecular weight is 1050 g/mol. The van der Waals surface area contributed by atoms with E-state index >= 15 is 0 Å². The van der Waals surface area contributed by atoms with Crippen LogP contribution in [0.1, 0.15) is 175 Å². The Bertz CT molecular complexity index is 2590. The van der Waals surface area contributed by atoms with Crippen LogP contribution in [-0.2, 0) is 32.0 Å². The molecule has 4 aromatic rings. The molecule has 0 bridgehead atoms. The lowest BCUT2D eigenvalue weighted by atomic mass is 9.76. The van der Waals surface area contributed by atoms with Crippen LogP contribution in [0, 0.1) is 29.6 Å².